The van der Waals surface area contributed by atoms with E-state index in [1.54, 1.807) is 48.5 Å². The van der Waals surface area contributed by atoms with Crippen molar-refractivity contribution in [3.63, 3.8) is 0 Å². The quantitative estimate of drug-likeness (QED) is 0.709. The fourth-order valence-corrected chi connectivity index (χ4v) is 2.50. The second-order valence-electron chi connectivity index (χ2n) is 5.94. The number of aliphatic hydroxyl groups is 1. The topological polar surface area (TPSA) is 110 Å². The largest absolute Gasteiger partial charge is 0.508 e. The smallest absolute Gasteiger partial charge is 0.251 e. The lowest BCUT2D eigenvalue weighted by Crippen LogP contribution is -2.47. The van der Waals surface area contributed by atoms with Crippen molar-refractivity contribution in [3.8, 4) is 22.9 Å². The number of nitrogens with zero attached hydrogens (tertiary/aromatic N) is 1. The maximum absolute atomic E-state index is 12.4. The minimum atomic E-state index is -1.05. The Hall–Kier alpha value is -3.17. The van der Waals surface area contributed by atoms with Gasteiger partial charge in [0.05, 0.1) is 12.2 Å². The second-order valence-corrected chi connectivity index (χ2v) is 5.94. The van der Waals surface area contributed by atoms with E-state index in [9.17, 15) is 19.8 Å². The lowest BCUT2D eigenvalue weighted by Gasteiger charge is -2.20. The Kier molecular flexibility index (Phi) is 6.48. The van der Waals surface area contributed by atoms with Crippen LogP contribution in [-0.2, 0) is 4.79 Å². The maximum Gasteiger partial charge on any atom is 0.251 e. The molecule has 2 atom stereocenters. The monoisotopic (exact) mass is 352 g/mol. The van der Waals surface area contributed by atoms with Gasteiger partial charge in [0.15, 0.2) is 5.78 Å². The van der Waals surface area contributed by atoms with Crippen molar-refractivity contribution in [2.24, 2.45) is 0 Å². The fraction of sp³-hybridized carbons (Fsp3) is 0.250. The zero-order chi connectivity index (χ0) is 19.1. The molecule has 0 radical (unpaired) electrons. The van der Waals surface area contributed by atoms with E-state index in [1.165, 1.54) is 6.92 Å². The molecule has 1 amide bonds. The van der Waals surface area contributed by atoms with E-state index >= 15 is 0 Å². The van der Waals surface area contributed by atoms with Crippen LogP contribution in [0.2, 0.25) is 0 Å². The van der Waals surface area contributed by atoms with Crippen LogP contribution in [0.3, 0.4) is 0 Å². The minimum Gasteiger partial charge on any atom is -0.508 e. The minimum absolute atomic E-state index is 0.0217. The Morgan fingerprint density at radius 3 is 2.12 bits per heavy atom. The van der Waals surface area contributed by atoms with Crippen LogP contribution in [0.15, 0.2) is 48.5 Å². The highest BCUT2D eigenvalue weighted by Gasteiger charge is 2.25. The lowest BCUT2D eigenvalue weighted by molar-refractivity contribution is -0.123. The van der Waals surface area contributed by atoms with Crippen LogP contribution >= 0.6 is 0 Å². The molecular weight excluding hydrogens is 332 g/mol. The van der Waals surface area contributed by atoms with Crippen molar-refractivity contribution in [2.75, 3.05) is 0 Å². The van der Waals surface area contributed by atoms with Crippen molar-refractivity contribution >= 4 is 11.7 Å². The first-order valence-corrected chi connectivity index (χ1v) is 8.20. The molecule has 0 saturated heterocycles. The van der Waals surface area contributed by atoms with Gasteiger partial charge in [-0.1, -0.05) is 24.3 Å². The van der Waals surface area contributed by atoms with Gasteiger partial charge >= 0.3 is 0 Å². The summed E-state index contributed by atoms with van der Waals surface area (Å²) in [6, 6.07) is 14.3. The van der Waals surface area contributed by atoms with Gasteiger partial charge in [0, 0.05) is 18.4 Å². The van der Waals surface area contributed by atoms with Gasteiger partial charge in [0.2, 0.25) is 0 Å². The summed E-state index contributed by atoms with van der Waals surface area (Å²) in [5.41, 5.74) is 2.12. The summed E-state index contributed by atoms with van der Waals surface area (Å²) < 4.78 is 0. The molecular formula is C20H20N2O4. The normalized spacial score (nSPS) is 12.7. The number of ketones is 1. The number of phenolic OH excluding ortho intramolecular Hbond substituents is 1. The predicted molar refractivity (Wildman–Crippen MR) is 96.3 cm³/mol. The average molecular weight is 352 g/mol. The number of hydrogen-bond donors (Lipinski definition) is 3. The van der Waals surface area contributed by atoms with Gasteiger partial charge in [0.25, 0.3) is 5.91 Å². The zero-order valence-corrected chi connectivity index (χ0v) is 14.3. The molecule has 2 aromatic carbocycles. The van der Waals surface area contributed by atoms with E-state index in [-0.39, 0.29) is 24.4 Å². The van der Waals surface area contributed by atoms with E-state index in [4.69, 9.17) is 5.26 Å². The highest BCUT2D eigenvalue weighted by atomic mass is 16.3. The Morgan fingerprint density at radius 2 is 1.62 bits per heavy atom. The predicted octanol–water partition coefficient (Wildman–Crippen LogP) is 2.41. The van der Waals surface area contributed by atoms with Gasteiger partial charge in [-0.15, -0.1) is 0 Å². The molecule has 0 fully saturated rings. The standard InChI is InChI=1S/C20H20N2O4/c1-13(23)19(18(25)3-2-12-21)22-20(26)16-6-4-14(5-7-16)15-8-10-17(24)11-9-15/h4-11,13,19,23-24H,2-3H2,1H3,(H,22,26)/t13-,19+/m1/s1. The summed E-state index contributed by atoms with van der Waals surface area (Å²) >= 11 is 0. The van der Waals surface area contributed by atoms with Crippen LogP contribution in [0.4, 0.5) is 0 Å². The van der Waals surface area contributed by atoms with Gasteiger partial charge in [-0.3, -0.25) is 9.59 Å². The van der Waals surface area contributed by atoms with E-state index in [2.05, 4.69) is 5.32 Å². The highest BCUT2D eigenvalue weighted by Crippen LogP contribution is 2.22. The van der Waals surface area contributed by atoms with Gasteiger partial charge in [0.1, 0.15) is 11.8 Å². The summed E-state index contributed by atoms with van der Waals surface area (Å²) in [5, 5.41) is 30.2. The number of nitriles is 1. The van der Waals surface area contributed by atoms with Crippen molar-refractivity contribution in [1.82, 2.24) is 5.32 Å². The van der Waals surface area contributed by atoms with E-state index in [1.807, 2.05) is 6.07 Å². The van der Waals surface area contributed by atoms with Crippen LogP contribution in [0.1, 0.15) is 30.1 Å². The van der Waals surface area contributed by atoms with Crippen LogP contribution in [0.5, 0.6) is 5.75 Å². The zero-order valence-electron chi connectivity index (χ0n) is 14.3. The summed E-state index contributed by atoms with van der Waals surface area (Å²) in [6.07, 6.45) is -1.04. The molecule has 0 saturated carbocycles. The van der Waals surface area contributed by atoms with Gasteiger partial charge in [-0.25, -0.2) is 0 Å². The molecule has 0 spiro atoms. The second kappa shape index (κ2) is 8.79. The molecule has 3 N–H and O–H groups in total. The number of nitrogens with one attached hydrogen (secondary N) is 1. The number of amides is 1. The van der Waals surface area contributed by atoms with Crippen molar-refractivity contribution in [2.45, 2.75) is 31.9 Å². The molecule has 0 aliphatic carbocycles. The molecule has 0 unspecified atom stereocenters. The van der Waals surface area contributed by atoms with Gasteiger partial charge < -0.3 is 15.5 Å². The van der Waals surface area contributed by atoms with Gasteiger partial charge in [-0.2, -0.15) is 5.26 Å². The van der Waals surface area contributed by atoms with Crippen molar-refractivity contribution in [1.29, 1.82) is 5.26 Å². The third kappa shape index (κ3) is 4.91. The van der Waals surface area contributed by atoms with Crippen molar-refractivity contribution in [3.05, 3.63) is 54.1 Å². The fourth-order valence-electron chi connectivity index (χ4n) is 2.50. The summed E-state index contributed by atoms with van der Waals surface area (Å²) in [4.78, 5) is 24.4. The Bertz CT molecular complexity index is 805. The number of aliphatic hydroxyl groups excluding tert-OH is 1. The highest BCUT2D eigenvalue weighted by molar-refractivity contribution is 5.98. The van der Waals surface area contributed by atoms with E-state index in [0.29, 0.717) is 5.56 Å². The number of benzene rings is 2. The Morgan fingerprint density at radius 1 is 1.08 bits per heavy atom. The number of carbonyl (C=O) groups is 2. The van der Waals surface area contributed by atoms with Crippen LogP contribution in [-0.4, -0.2) is 34.0 Å². The summed E-state index contributed by atoms with van der Waals surface area (Å²) in [5.74, 6) is -0.677. The third-order valence-corrected chi connectivity index (χ3v) is 3.95. The SMILES string of the molecule is C[C@@H](O)[C@H](NC(=O)c1ccc(-c2ccc(O)cc2)cc1)C(=O)CCC#N. The van der Waals surface area contributed by atoms with Crippen LogP contribution < -0.4 is 5.32 Å². The number of carbonyl (C=O) groups excluding carboxylic acids is 2. The lowest BCUT2D eigenvalue weighted by atomic mass is 10.0. The maximum atomic E-state index is 12.4. The average Bonchev–Trinajstić information content (AvgIpc) is 2.64. The molecule has 6 nitrogen and oxygen atoms in total. The first-order chi connectivity index (χ1) is 12.4. The molecule has 6 heteroatoms. The first kappa shape index (κ1) is 19.2. The molecule has 134 valence electrons. The summed E-state index contributed by atoms with van der Waals surface area (Å²) in [6.45, 7) is 1.42. The van der Waals surface area contributed by atoms with Crippen molar-refractivity contribution < 1.29 is 19.8 Å². The van der Waals surface area contributed by atoms with Gasteiger partial charge in [-0.05, 0) is 42.3 Å². The number of hydrogen-bond acceptors (Lipinski definition) is 5. The Balaban J connectivity index is 2.09. The number of aromatic hydroxyl groups is 1. The molecule has 0 bridgehead atoms. The first-order valence-electron chi connectivity index (χ1n) is 8.20. The molecule has 2 aromatic rings. The number of Topliss-reactive ketones (excluding diaryl/α,β-unsaturated/α-hetero) is 1. The molecule has 26 heavy (non-hydrogen) atoms. The van der Waals surface area contributed by atoms with Crippen LogP contribution in [0.25, 0.3) is 11.1 Å². The molecule has 2 rings (SSSR count). The van der Waals surface area contributed by atoms with E-state index < -0.39 is 18.1 Å². The molecule has 0 heterocycles. The third-order valence-electron chi connectivity index (χ3n) is 3.95. The van der Waals surface area contributed by atoms with E-state index in [0.717, 1.165) is 11.1 Å². The number of rotatable bonds is 7. The number of phenols is 1. The van der Waals surface area contributed by atoms with Crippen LogP contribution in [0, 0.1) is 11.3 Å². The molecule has 0 aliphatic heterocycles. The molecule has 0 aliphatic rings. The Labute approximate surface area is 151 Å². The molecule has 0 aromatic heterocycles. The summed E-state index contributed by atoms with van der Waals surface area (Å²) in [7, 11) is 0.